The van der Waals surface area contributed by atoms with E-state index in [1.165, 1.54) is 11.1 Å². The maximum absolute atomic E-state index is 13.2. The fraction of sp³-hybridized carbons (Fsp3) is 0.412. The number of rotatable bonds is 3. The molecule has 1 saturated heterocycles. The molecule has 3 nitrogen and oxygen atoms in total. The smallest absolute Gasteiger partial charge is 0.206 e. The Labute approximate surface area is 156 Å². The lowest BCUT2D eigenvalue weighted by molar-refractivity contribution is 0.240. The Hall–Kier alpha value is -0.530. The molecule has 0 saturated carbocycles. The molecule has 2 unspecified atom stereocenters. The van der Waals surface area contributed by atoms with E-state index in [1.807, 2.05) is 23.9 Å². The van der Waals surface area contributed by atoms with Crippen LogP contribution in [0.15, 0.2) is 40.6 Å². The predicted octanol–water partition coefficient (Wildman–Crippen LogP) is 4.44. The molecule has 1 aromatic heterocycles. The molecule has 2 aliphatic heterocycles. The molecule has 128 valence electrons. The minimum Gasteiger partial charge on any atom is -0.206 e. The van der Waals surface area contributed by atoms with Crippen molar-refractivity contribution in [3.05, 3.63) is 51.9 Å². The standard InChI is InChI=1S/C17H18ClNO2S3/c18-15-5-6-16(23-15)24(20,21)19-9-7-12-3-1-2-4-14(12)17(19)13-8-10-22-11-13/h1-6,13,17H,7-11H2. The van der Waals surface area contributed by atoms with Crippen LogP contribution in [0.1, 0.15) is 23.6 Å². The highest BCUT2D eigenvalue weighted by atomic mass is 35.5. The molecule has 0 aliphatic carbocycles. The molecule has 1 fully saturated rings. The number of fused-ring (bicyclic) bond motifs is 1. The van der Waals surface area contributed by atoms with Crippen LogP contribution in [0.2, 0.25) is 4.34 Å². The molecule has 0 amide bonds. The zero-order valence-electron chi connectivity index (χ0n) is 13.0. The van der Waals surface area contributed by atoms with Crippen LogP contribution in [0, 0.1) is 5.92 Å². The topological polar surface area (TPSA) is 37.4 Å². The maximum Gasteiger partial charge on any atom is 0.253 e. The van der Waals surface area contributed by atoms with Gasteiger partial charge >= 0.3 is 0 Å². The van der Waals surface area contributed by atoms with Gasteiger partial charge in [-0.2, -0.15) is 16.1 Å². The van der Waals surface area contributed by atoms with Crippen molar-refractivity contribution >= 4 is 44.7 Å². The molecule has 0 N–H and O–H groups in total. The van der Waals surface area contributed by atoms with Gasteiger partial charge in [-0.25, -0.2) is 8.42 Å². The number of thioether (sulfide) groups is 1. The molecule has 3 heterocycles. The van der Waals surface area contributed by atoms with Crippen LogP contribution >= 0.6 is 34.7 Å². The summed E-state index contributed by atoms with van der Waals surface area (Å²) < 4.78 is 29.1. The van der Waals surface area contributed by atoms with Crippen LogP contribution in [-0.2, 0) is 16.4 Å². The normalized spacial score (nSPS) is 24.9. The van der Waals surface area contributed by atoms with Gasteiger partial charge in [0.25, 0.3) is 10.0 Å². The molecule has 0 bridgehead atoms. The Morgan fingerprint density at radius 3 is 2.71 bits per heavy atom. The monoisotopic (exact) mass is 399 g/mol. The summed E-state index contributed by atoms with van der Waals surface area (Å²) in [7, 11) is -3.51. The first-order chi connectivity index (χ1) is 11.6. The van der Waals surface area contributed by atoms with Gasteiger partial charge in [-0.1, -0.05) is 35.9 Å². The largest absolute Gasteiger partial charge is 0.253 e. The van der Waals surface area contributed by atoms with E-state index in [-0.39, 0.29) is 6.04 Å². The maximum atomic E-state index is 13.2. The van der Waals surface area contributed by atoms with Crippen molar-refractivity contribution in [1.82, 2.24) is 4.31 Å². The van der Waals surface area contributed by atoms with Crippen molar-refractivity contribution in [2.45, 2.75) is 23.1 Å². The Morgan fingerprint density at radius 1 is 1.17 bits per heavy atom. The van der Waals surface area contributed by atoms with E-state index < -0.39 is 10.0 Å². The zero-order valence-corrected chi connectivity index (χ0v) is 16.2. The SMILES string of the molecule is O=S(=O)(c1ccc(Cl)s1)N1CCc2ccccc2C1C1CCSC1. The summed E-state index contributed by atoms with van der Waals surface area (Å²) in [5, 5.41) is 0. The highest BCUT2D eigenvalue weighted by Gasteiger charge is 2.41. The van der Waals surface area contributed by atoms with Gasteiger partial charge in [-0.15, -0.1) is 11.3 Å². The third-order valence-corrected chi connectivity index (χ3v) is 9.58. The van der Waals surface area contributed by atoms with Crippen molar-refractivity contribution in [2.24, 2.45) is 5.92 Å². The summed E-state index contributed by atoms with van der Waals surface area (Å²) >= 11 is 9.05. The third kappa shape index (κ3) is 2.92. The lowest BCUT2D eigenvalue weighted by Crippen LogP contribution is -2.43. The van der Waals surface area contributed by atoms with E-state index in [2.05, 4.69) is 12.1 Å². The lowest BCUT2D eigenvalue weighted by Gasteiger charge is -2.39. The number of hydrogen-bond donors (Lipinski definition) is 0. The number of nitrogens with zero attached hydrogens (tertiary/aromatic N) is 1. The van der Waals surface area contributed by atoms with E-state index >= 15 is 0 Å². The van der Waals surface area contributed by atoms with Gasteiger partial charge in [0.05, 0.1) is 10.4 Å². The molecule has 24 heavy (non-hydrogen) atoms. The summed E-state index contributed by atoms with van der Waals surface area (Å²) in [5.74, 6) is 2.51. The molecular weight excluding hydrogens is 382 g/mol. The Bertz CT molecular complexity index is 843. The van der Waals surface area contributed by atoms with Crippen LogP contribution < -0.4 is 0 Å². The highest BCUT2D eigenvalue weighted by Crippen LogP contribution is 2.44. The summed E-state index contributed by atoms with van der Waals surface area (Å²) in [6.07, 6.45) is 1.84. The number of sulfonamides is 1. The Kier molecular flexibility index (Phi) is 4.69. The number of benzene rings is 1. The minimum atomic E-state index is -3.51. The quantitative estimate of drug-likeness (QED) is 0.765. The van der Waals surface area contributed by atoms with Gasteiger partial charge in [0.2, 0.25) is 0 Å². The summed E-state index contributed by atoms with van der Waals surface area (Å²) in [5.41, 5.74) is 2.47. The lowest BCUT2D eigenvalue weighted by atomic mass is 9.86. The first kappa shape index (κ1) is 16.9. The molecule has 4 rings (SSSR count). The second-order valence-electron chi connectivity index (χ2n) is 6.19. The summed E-state index contributed by atoms with van der Waals surface area (Å²) in [4.78, 5) is 0. The van der Waals surface area contributed by atoms with Crippen molar-refractivity contribution in [2.75, 3.05) is 18.1 Å². The first-order valence-electron chi connectivity index (χ1n) is 8.00. The molecule has 1 aromatic carbocycles. The molecular formula is C17H18ClNO2S3. The average Bonchev–Trinajstić information content (AvgIpc) is 3.25. The van der Waals surface area contributed by atoms with Crippen LogP contribution in [0.4, 0.5) is 0 Å². The van der Waals surface area contributed by atoms with Gasteiger partial charge in [0, 0.05) is 6.54 Å². The van der Waals surface area contributed by atoms with Gasteiger partial charge in [-0.3, -0.25) is 0 Å². The fourth-order valence-corrected chi connectivity index (χ4v) is 8.25. The van der Waals surface area contributed by atoms with E-state index in [0.717, 1.165) is 35.7 Å². The molecule has 2 atom stereocenters. The molecule has 2 aliphatic rings. The van der Waals surface area contributed by atoms with E-state index in [1.54, 1.807) is 16.4 Å². The second kappa shape index (κ2) is 6.65. The van der Waals surface area contributed by atoms with Crippen molar-refractivity contribution in [3.8, 4) is 0 Å². The van der Waals surface area contributed by atoms with E-state index in [9.17, 15) is 8.42 Å². The van der Waals surface area contributed by atoms with Gasteiger partial charge in [-0.05, 0) is 53.5 Å². The Morgan fingerprint density at radius 2 is 2.00 bits per heavy atom. The van der Waals surface area contributed by atoms with Crippen LogP contribution in [0.25, 0.3) is 0 Å². The molecule has 0 spiro atoms. The summed E-state index contributed by atoms with van der Waals surface area (Å²) in [6.45, 7) is 0.542. The van der Waals surface area contributed by atoms with Gasteiger partial charge < -0.3 is 0 Å². The van der Waals surface area contributed by atoms with Gasteiger partial charge in [0.1, 0.15) is 4.21 Å². The van der Waals surface area contributed by atoms with Crippen molar-refractivity contribution < 1.29 is 8.42 Å². The summed E-state index contributed by atoms with van der Waals surface area (Å²) in [6, 6.07) is 11.5. The van der Waals surface area contributed by atoms with Crippen molar-refractivity contribution in [3.63, 3.8) is 0 Å². The van der Waals surface area contributed by atoms with Crippen molar-refractivity contribution in [1.29, 1.82) is 0 Å². The van der Waals surface area contributed by atoms with E-state index in [0.29, 0.717) is 21.0 Å². The predicted molar refractivity (Wildman–Crippen MR) is 102 cm³/mol. The highest BCUT2D eigenvalue weighted by molar-refractivity contribution is 7.99. The first-order valence-corrected chi connectivity index (χ1v) is 11.8. The Balaban J connectivity index is 1.79. The fourth-order valence-electron chi connectivity index (χ4n) is 3.69. The molecule has 0 radical (unpaired) electrons. The zero-order chi connectivity index (χ0) is 16.7. The number of hydrogen-bond acceptors (Lipinski definition) is 4. The molecule has 7 heteroatoms. The van der Waals surface area contributed by atoms with E-state index in [4.69, 9.17) is 11.6 Å². The van der Waals surface area contributed by atoms with Crippen LogP contribution in [0.5, 0.6) is 0 Å². The second-order valence-corrected chi connectivity index (χ2v) is 11.2. The number of thiophene rings is 1. The molecule has 2 aromatic rings. The average molecular weight is 400 g/mol. The van der Waals surface area contributed by atoms with Crippen LogP contribution in [-0.4, -0.2) is 30.8 Å². The van der Waals surface area contributed by atoms with Gasteiger partial charge in [0.15, 0.2) is 0 Å². The number of halogens is 1. The third-order valence-electron chi connectivity index (χ3n) is 4.81. The minimum absolute atomic E-state index is 0.0594. The van der Waals surface area contributed by atoms with Crippen LogP contribution in [0.3, 0.4) is 0 Å².